The average molecular weight is 357 g/mol. The number of amides is 1. The molecule has 1 aromatic carbocycles. The molecule has 26 heavy (non-hydrogen) atoms. The van der Waals surface area contributed by atoms with E-state index in [4.69, 9.17) is 0 Å². The van der Waals surface area contributed by atoms with Gasteiger partial charge in [0.25, 0.3) is 5.91 Å². The van der Waals surface area contributed by atoms with Crippen LogP contribution in [0.15, 0.2) is 46.0 Å². The number of aliphatic hydroxyl groups is 1. The Morgan fingerprint density at radius 1 is 1.42 bits per heavy atom. The lowest BCUT2D eigenvalue weighted by molar-refractivity contribution is -0.118. The first kappa shape index (κ1) is 19.8. The van der Waals surface area contributed by atoms with Crippen molar-refractivity contribution in [1.29, 1.82) is 0 Å². The largest absolute Gasteiger partial charge is 0.390 e. The number of nitrogens with one attached hydrogen (secondary N) is 2. The Morgan fingerprint density at radius 2 is 2.15 bits per heavy atom. The van der Waals surface area contributed by atoms with Gasteiger partial charge in [0, 0.05) is 46.4 Å². The molecule has 0 radical (unpaired) electrons. The molecule has 1 amide bonds. The number of hydrogen-bond donors (Lipinski definition) is 3. The number of rotatable bonds is 7. The molecule has 1 aliphatic rings. The van der Waals surface area contributed by atoms with E-state index in [9.17, 15) is 9.90 Å². The molecule has 1 atom stereocenters. The lowest BCUT2D eigenvalue weighted by Crippen LogP contribution is -2.43. The zero-order valence-corrected chi connectivity index (χ0v) is 15.4. The van der Waals surface area contributed by atoms with E-state index in [2.05, 4.69) is 50.4 Å². The molecule has 7 heteroatoms. The van der Waals surface area contributed by atoms with Crippen LogP contribution in [-0.4, -0.2) is 68.3 Å². The van der Waals surface area contributed by atoms with Gasteiger partial charge in [0.2, 0.25) is 0 Å². The van der Waals surface area contributed by atoms with E-state index in [0.29, 0.717) is 18.1 Å². The molecule has 1 aliphatic heterocycles. The Hall–Kier alpha value is -2.51. The molecule has 0 unspecified atom stereocenters. The Morgan fingerprint density at radius 3 is 2.81 bits per heavy atom. The number of aliphatic imine (C=N–C) groups is 2. The quantitative estimate of drug-likeness (QED) is 0.373. The van der Waals surface area contributed by atoms with E-state index in [1.807, 2.05) is 6.07 Å². The van der Waals surface area contributed by atoms with Gasteiger partial charge in [-0.25, -0.2) is 4.99 Å². The van der Waals surface area contributed by atoms with Crippen molar-refractivity contribution < 1.29 is 9.90 Å². The summed E-state index contributed by atoms with van der Waals surface area (Å²) in [7, 11) is 3.22. The van der Waals surface area contributed by atoms with Crippen LogP contribution in [0.25, 0.3) is 0 Å². The normalized spacial score (nSPS) is 16.6. The predicted molar refractivity (Wildman–Crippen MR) is 104 cm³/mol. The molecule has 0 saturated carbocycles. The van der Waals surface area contributed by atoms with Crippen LogP contribution in [0.5, 0.6) is 0 Å². The maximum Gasteiger partial charge on any atom is 0.267 e. The first-order valence-corrected chi connectivity index (χ1v) is 8.65. The minimum absolute atomic E-state index is 0.177. The molecular weight excluding hydrogens is 330 g/mol. The molecule has 1 heterocycles. The zero-order valence-electron chi connectivity index (χ0n) is 15.4. The molecule has 0 fully saturated rings. The fourth-order valence-electron chi connectivity index (χ4n) is 2.94. The minimum Gasteiger partial charge on any atom is -0.390 e. The highest BCUT2D eigenvalue weighted by Gasteiger charge is 2.19. The van der Waals surface area contributed by atoms with Gasteiger partial charge in [0.05, 0.1) is 6.10 Å². The number of carbonyl (C=O) groups excluding carboxylic acids is 1. The smallest absolute Gasteiger partial charge is 0.267 e. The number of benzene rings is 1. The van der Waals surface area contributed by atoms with E-state index >= 15 is 0 Å². The zero-order chi connectivity index (χ0) is 18.9. The van der Waals surface area contributed by atoms with E-state index in [1.165, 1.54) is 17.2 Å². The van der Waals surface area contributed by atoms with E-state index in [-0.39, 0.29) is 12.5 Å². The molecule has 7 nitrogen and oxygen atoms in total. The lowest BCUT2D eigenvalue weighted by Gasteiger charge is -2.30. The number of amidine groups is 1. The molecule has 1 aromatic rings. The maximum atomic E-state index is 12.2. The molecule has 0 aliphatic carbocycles. The van der Waals surface area contributed by atoms with Crippen molar-refractivity contribution in [3.05, 3.63) is 47.2 Å². The van der Waals surface area contributed by atoms with Gasteiger partial charge < -0.3 is 15.7 Å². The molecule has 0 bridgehead atoms. The molecule has 2 rings (SSSR count). The average Bonchev–Trinajstić information content (AvgIpc) is 2.67. The van der Waals surface area contributed by atoms with Gasteiger partial charge in [-0.15, -0.1) is 0 Å². The molecule has 0 spiro atoms. The van der Waals surface area contributed by atoms with Gasteiger partial charge in [-0.3, -0.25) is 14.7 Å². The van der Waals surface area contributed by atoms with E-state index in [1.54, 1.807) is 14.1 Å². The minimum atomic E-state index is -0.640. The Bertz CT molecular complexity index is 699. The molecule has 140 valence electrons. The van der Waals surface area contributed by atoms with Crippen molar-refractivity contribution in [1.82, 2.24) is 15.5 Å². The fraction of sp³-hybridized carbons (Fsp3) is 0.421. The highest BCUT2D eigenvalue weighted by molar-refractivity contribution is 6.04. The summed E-state index contributed by atoms with van der Waals surface area (Å²) in [6, 6.07) is 8.37. The Balaban J connectivity index is 1.84. The number of nitrogens with zero attached hydrogens (tertiary/aromatic N) is 3. The van der Waals surface area contributed by atoms with Gasteiger partial charge >= 0.3 is 0 Å². The van der Waals surface area contributed by atoms with Crippen molar-refractivity contribution >= 4 is 18.5 Å². The summed E-state index contributed by atoms with van der Waals surface area (Å²) in [5.74, 6) is 0.0392. The van der Waals surface area contributed by atoms with Crippen molar-refractivity contribution in [3.8, 4) is 0 Å². The van der Waals surface area contributed by atoms with Gasteiger partial charge in [-0.2, -0.15) is 0 Å². The summed E-state index contributed by atoms with van der Waals surface area (Å²) in [5, 5.41) is 15.8. The second-order valence-corrected chi connectivity index (χ2v) is 6.17. The first-order valence-electron chi connectivity index (χ1n) is 8.65. The summed E-state index contributed by atoms with van der Waals surface area (Å²) in [4.78, 5) is 22.0. The van der Waals surface area contributed by atoms with Crippen molar-refractivity contribution in [2.75, 3.05) is 33.7 Å². The van der Waals surface area contributed by atoms with Crippen LogP contribution < -0.4 is 10.6 Å². The molecule has 0 saturated heterocycles. The summed E-state index contributed by atoms with van der Waals surface area (Å²) < 4.78 is 0. The van der Waals surface area contributed by atoms with Gasteiger partial charge in [0.15, 0.2) is 0 Å². The van der Waals surface area contributed by atoms with Crippen LogP contribution in [0.2, 0.25) is 0 Å². The SMILES string of the molecule is C=NC(C=C(NC)C(=O)NC[C@H](O)CN1CCc2ccccc2C1)=NC. The highest BCUT2D eigenvalue weighted by atomic mass is 16.3. The summed E-state index contributed by atoms with van der Waals surface area (Å²) in [5.41, 5.74) is 3.00. The number of likely N-dealkylation sites (N-methyl/N-ethyl adjacent to an activating group) is 1. The van der Waals surface area contributed by atoms with Crippen LogP contribution in [0.3, 0.4) is 0 Å². The first-order chi connectivity index (χ1) is 12.6. The summed E-state index contributed by atoms with van der Waals surface area (Å²) >= 11 is 0. The second-order valence-electron chi connectivity index (χ2n) is 6.17. The van der Waals surface area contributed by atoms with Crippen LogP contribution >= 0.6 is 0 Å². The number of β-amino-alcohol motifs (C(OH)–C–C–N with tert-alkyl or cyclic N) is 1. The Kier molecular flexibility index (Phi) is 7.50. The van der Waals surface area contributed by atoms with Crippen molar-refractivity contribution in [2.45, 2.75) is 19.1 Å². The van der Waals surface area contributed by atoms with Gasteiger partial charge in [-0.1, -0.05) is 24.3 Å². The van der Waals surface area contributed by atoms with Crippen LogP contribution in [0.1, 0.15) is 11.1 Å². The number of aliphatic hydroxyl groups excluding tert-OH is 1. The van der Waals surface area contributed by atoms with Gasteiger partial charge in [-0.05, 0) is 24.3 Å². The van der Waals surface area contributed by atoms with Crippen LogP contribution in [0.4, 0.5) is 0 Å². The fourth-order valence-corrected chi connectivity index (χ4v) is 2.94. The second kappa shape index (κ2) is 9.84. The molecule has 0 aromatic heterocycles. The molecule has 3 N–H and O–H groups in total. The van der Waals surface area contributed by atoms with Crippen LogP contribution in [-0.2, 0) is 17.8 Å². The van der Waals surface area contributed by atoms with Crippen LogP contribution in [0, 0.1) is 0 Å². The third-order valence-electron chi connectivity index (χ3n) is 4.36. The topological polar surface area (TPSA) is 89.3 Å². The maximum absolute atomic E-state index is 12.2. The third kappa shape index (κ3) is 5.50. The monoisotopic (exact) mass is 357 g/mol. The summed E-state index contributed by atoms with van der Waals surface area (Å²) in [6.07, 6.45) is 1.85. The third-order valence-corrected chi connectivity index (χ3v) is 4.36. The number of carbonyl (C=O) groups is 1. The lowest BCUT2D eigenvalue weighted by atomic mass is 10.00. The Labute approximate surface area is 154 Å². The molecular formula is C19H27N5O2. The van der Waals surface area contributed by atoms with Gasteiger partial charge in [0.1, 0.15) is 11.5 Å². The van der Waals surface area contributed by atoms with E-state index < -0.39 is 6.10 Å². The summed E-state index contributed by atoms with van der Waals surface area (Å²) in [6.45, 7) is 5.83. The van der Waals surface area contributed by atoms with E-state index in [0.717, 1.165) is 19.5 Å². The van der Waals surface area contributed by atoms with Crippen molar-refractivity contribution in [2.24, 2.45) is 9.98 Å². The van der Waals surface area contributed by atoms with Crippen molar-refractivity contribution in [3.63, 3.8) is 0 Å². The number of hydrogen-bond acceptors (Lipinski definition) is 5. The standard InChI is InChI=1S/C19H27N5O2/c1-20-17(10-18(21-2)22-3)19(26)23-11-16(25)13-24-9-8-14-6-4-5-7-15(14)12-24/h4-7,10,16,20,25H,2,8-9,11-13H2,1,3H3,(H,23,26)/t16-/m0/s1. The number of fused-ring (bicyclic) bond motifs is 1. The predicted octanol–water partition coefficient (Wildman–Crippen LogP) is 0.354. The highest BCUT2D eigenvalue weighted by Crippen LogP contribution is 2.18.